The van der Waals surface area contributed by atoms with Crippen LogP contribution in [0.25, 0.3) is 0 Å². The minimum absolute atomic E-state index is 0.137. The van der Waals surface area contributed by atoms with Crippen LogP contribution >= 0.6 is 11.3 Å². The predicted octanol–water partition coefficient (Wildman–Crippen LogP) is 2.52. The molecule has 1 heterocycles. The molecule has 1 aromatic rings. The molecule has 0 spiro atoms. The average molecular weight is 253 g/mol. The summed E-state index contributed by atoms with van der Waals surface area (Å²) in [7, 11) is 0. The molecule has 1 fully saturated rings. The van der Waals surface area contributed by atoms with Gasteiger partial charge in [-0.25, -0.2) is 0 Å². The zero-order valence-corrected chi connectivity index (χ0v) is 10.7. The summed E-state index contributed by atoms with van der Waals surface area (Å²) in [6.45, 7) is 0.952. The van der Waals surface area contributed by atoms with E-state index in [-0.39, 0.29) is 5.92 Å². The Kier molecular flexibility index (Phi) is 4.57. The summed E-state index contributed by atoms with van der Waals surface area (Å²) in [5.41, 5.74) is 1.37. The second-order valence-electron chi connectivity index (χ2n) is 4.73. The van der Waals surface area contributed by atoms with Crippen molar-refractivity contribution in [2.45, 2.75) is 38.1 Å². The fraction of sp³-hybridized carbons (Fsp3) is 0.615. The van der Waals surface area contributed by atoms with Gasteiger partial charge in [-0.3, -0.25) is 4.79 Å². The third kappa shape index (κ3) is 3.82. The zero-order valence-electron chi connectivity index (χ0n) is 9.89. The third-order valence-electron chi connectivity index (χ3n) is 3.45. The molecule has 0 saturated heterocycles. The van der Waals surface area contributed by atoms with Gasteiger partial charge in [-0.1, -0.05) is 6.42 Å². The van der Waals surface area contributed by atoms with E-state index in [2.05, 4.69) is 22.1 Å². The van der Waals surface area contributed by atoms with Crippen LogP contribution in [0.4, 0.5) is 0 Å². The molecule has 1 saturated carbocycles. The third-order valence-corrected chi connectivity index (χ3v) is 4.18. The van der Waals surface area contributed by atoms with E-state index in [1.165, 1.54) is 5.56 Å². The van der Waals surface area contributed by atoms with E-state index >= 15 is 0 Å². The van der Waals surface area contributed by atoms with Gasteiger partial charge >= 0.3 is 5.97 Å². The van der Waals surface area contributed by atoms with Crippen molar-refractivity contribution in [3.8, 4) is 0 Å². The SMILES string of the molecule is O=C(O)C1CCCC(NCCc2ccsc2)C1. The van der Waals surface area contributed by atoms with E-state index in [0.717, 1.165) is 38.6 Å². The topological polar surface area (TPSA) is 49.3 Å². The van der Waals surface area contributed by atoms with Gasteiger partial charge in [0.1, 0.15) is 0 Å². The number of carbonyl (C=O) groups is 1. The first-order valence-electron chi connectivity index (χ1n) is 6.23. The standard InChI is InChI=1S/C13H19NO2S/c15-13(16)11-2-1-3-12(8-11)14-6-4-10-5-7-17-9-10/h5,7,9,11-12,14H,1-4,6,8H2,(H,15,16). The Bertz CT molecular complexity index is 350. The molecule has 4 heteroatoms. The van der Waals surface area contributed by atoms with Crippen LogP contribution in [0.5, 0.6) is 0 Å². The van der Waals surface area contributed by atoms with E-state index in [1.54, 1.807) is 11.3 Å². The number of thiophene rings is 1. The number of hydrogen-bond donors (Lipinski definition) is 2. The smallest absolute Gasteiger partial charge is 0.306 e. The van der Waals surface area contributed by atoms with Crippen LogP contribution in [-0.4, -0.2) is 23.7 Å². The monoisotopic (exact) mass is 253 g/mol. The minimum atomic E-state index is -0.630. The zero-order chi connectivity index (χ0) is 12.1. The Balaban J connectivity index is 1.70. The molecule has 0 radical (unpaired) electrons. The Morgan fingerprint density at radius 3 is 3.12 bits per heavy atom. The lowest BCUT2D eigenvalue weighted by Gasteiger charge is -2.27. The van der Waals surface area contributed by atoms with E-state index < -0.39 is 5.97 Å². The molecule has 1 aliphatic carbocycles. The van der Waals surface area contributed by atoms with E-state index in [9.17, 15) is 4.79 Å². The van der Waals surface area contributed by atoms with Gasteiger partial charge in [0.25, 0.3) is 0 Å². The van der Waals surface area contributed by atoms with Crippen LogP contribution in [-0.2, 0) is 11.2 Å². The van der Waals surface area contributed by atoms with Crippen molar-refractivity contribution in [1.29, 1.82) is 0 Å². The van der Waals surface area contributed by atoms with Crippen molar-refractivity contribution in [1.82, 2.24) is 5.32 Å². The molecule has 0 amide bonds. The fourth-order valence-corrected chi connectivity index (χ4v) is 3.16. The lowest BCUT2D eigenvalue weighted by atomic mass is 9.86. The van der Waals surface area contributed by atoms with Gasteiger partial charge in [-0.05, 0) is 54.6 Å². The highest BCUT2D eigenvalue weighted by molar-refractivity contribution is 7.07. The molecule has 1 aliphatic rings. The van der Waals surface area contributed by atoms with E-state index in [1.807, 2.05) is 0 Å². The Morgan fingerprint density at radius 1 is 1.53 bits per heavy atom. The highest BCUT2D eigenvalue weighted by Gasteiger charge is 2.26. The normalized spacial score (nSPS) is 24.7. The van der Waals surface area contributed by atoms with Gasteiger partial charge in [-0.15, -0.1) is 0 Å². The summed E-state index contributed by atoms with van der Waals surface area (Å²) >= 11 is 1.72. The van der Waals surface area contributed by atoms with Crippen molar-refractivity contribution in [2.75, 3.05) is 6.54 Å². The minimum Gasteiger partial charge on any atom is -0.481 e. The molecule has 94 valence electrons. The Hall–Kier alpha value is -0.870. The largest absolute Gasteiger partial charge is 0.481 e. The van der Waals surface area contributed by atoms with E-state index in [0.29, 0.717) is 6.04 Å². The maximum Gasteiger partial charge on any atom is 0.306 e. The molecule has 3 nitrogen and oxygen atoms in total. The summed E-state index contributed by atoms with van der Waals surface area (Å²) in [6.07, 6.45) is 4.83. The summed E-state index contributed by atoms with van der Waals surface area (Å²) in [4.78, 5) is 10.9. The Morgan fingerprint density at radius 2 is 2.41 bits per heavy atom. The number of carboxylic acid groups (broad SMARTS) is 1. The molecular weight excluding hydrogens is 234 g/mol. The first-order chi connectivity index (χ1) is 8.25. The summed E-state index contributed by atoms with van der Waals surface area (Å²) in [5, 5.41) is 16.8. The van der Waals surface area contributed by atoms with Crippen molar-refractivity contribution in [3.63, 3.8) is 0 Å². The second kappa shape index (κ2) is 6.17. The fourth-order valence-electron chi connectivity index (χ4n) is 2.46. The van der Waals surface area contributed by atoms with Crippen LogP contribution in [0.1, 0.15) is 31.2 Å². The van der Waals surface area contributed by atoms with Gasteiger partial charge in [0.05, 0.1) is 5.92 Å². The van der Waals surface area contributed by atoms with Gasteiger partial charge in [-0.2, -0.15) is 11.3 Å². The molecule has 1 aromatic heterocycles. The maximum atomic E-state index is 10.9. The Labute approximate surface area is 106 Å². The van der Waals surface area contributed by atoms with Gasteiger partial charge in [0, 0.05) is 6.04 Å². The number of carboxylic acids is 1. The summed E-state index contributed by atoms with van der Waals surface area (Å²) < 4.78 is 0. The molecule has 0 bridgehead atoms. The molecule has 2 N–H and O–H groups in total. The van der Waals surface area contributed by atoms with Crippen LogP contribution in [0, 0.1) is 5.92 Å². The first-order valence-corrected chi connectivity index (χ1v) is 7.17. The molecule has 17 heavy (non-hydrogen) atoms. The van der Waals surface area contributed by atoms with Gasteiger partial charge in [0.15, 0.2) is 0 Å². The van der Waals surface area contributed by atoms with Crippen LogP contribution in [0.2, 0.25) is 0 Å². The number of rotatable bonds is 5. The molecule has 0 aliphatic heterocycles. The van der Waals surface area contributed by atoms with Crippen LogP contribution < -0.4 is 5.32 Å². The van der Waals surface area contributed by atoms with Crippen LogP contribution in [0.15, 0.2) is 16.8 Å². The highest BCUT2D eigenvalue weighted by Crippen LogP contribution is 2.24. The second-order valence-corrected chi connectivity index (χ2v) is 5.51. The molecule has 2 atom stereocenters. The predicted molar refractivity (Wildman–Crippen MR) is 69.4 cm³/mol. The number of aliphatic carboxylic acids is 1. The maximum absolute atomic E-state index is 10.9. The van der Waals surface area contributed by atoms with Crippen molar-refractivity contribution in [3.05, 3.63) is 22.4 Å². The number of hydrogen-bond acceptors (Lipinski definition) is 3. The molecule has 2 unspecified atom stereocenters. The van der Waals surface area contributed by atoms with Gasteiger partial charge < -0.3 is 10.4 Å². The lowest BCUT2D eigenvalue weighted by Crippen LogP contribution is -2.37. The number of nitrogens with one attached hydrogen (secondary N) is 1. The molecule has 0 aromatic carbocycles. The molecule has 2 rings (SSSR count). The van der Waals surface area contributed by atoms with E-state index in [4.69, 9.17) is 5.11 Å². The molecular formula is C13H19NO2S. The van der Waals surface area contributed by atoms with Crippen molar-refractivity contribution >= 4 is 17.3 Å². The highest BCUT2D eigenvalue weighted by atomic mass is 32.1. The van der Waals surface area contributed by atoms with Crippen molar-refractivity contribution in [2.24, 2.45) is 5.92 Å². The summed E-state index contributed by atoms with van der Waals surface area (Å²) in [6, 6.07) is 2.54. The first kappa shape index (κ1) is 12.6. The van der Waals surface area contributed by atoms with Crippen molar-refractivity contribution < 1.29 is 9.90 Å². The van der Waals surface area contributed by atoms with Crippen LogP contribution in [0.3, 0.4) is 0 Å². The van der Waals surface area contributed by atoms with Gasteiger partial charge in [0.2, 0.25) is 0 Å². The average Bonchev–Trinajstić information content (AvgIpc) is 2.82. The lowest BCUT2D eigenvalue weighted by molar-refractivity contribution is -0.143. The quantitative estimate of drug-likeness (QED) is 0.847. The summed E-state index contributed by atoms with van der Waals surface area (Å²) in [5.74, 6) is -0.767.